The van der Waals surface area contributed by atoms with Crippen LogP contribution in [0.15, 0.2) is 42.7 Å². The summed E-state index contributed by atoms with van der Waals surface area (Å²) in [5.74, 6) is 1.14. The van der Waals surface area contributed by atoms with Gasteiger partial charge in [-0.05, 0) is 51.1 Å². The number of aryl methyl sites for hydroxylation is 2. The van der Waals surface area contributed by atoms with Crippen LogP contribution in [-0.4, -0.2) is 39.3 Å². The van der Waals surface area contributed by atoms with Crippen molar-refractivity contribution in [2.24, 2.45) is 5.41 Å². The minimum absolute atomic E-state index is 0.0522. The van der Waals surface area contributed by atoms with Gasteiger partial charge in [-0.1, -0.05) is 30.3 Å². The fourth-order valence-corrected chi connectivity index (χ4v) is 4.15. The Balaban J connectivity index is 1.56. The Labute approximate surface area is 151 Å². The van der Waals surface area contributed by atoms with Crippen molar-refractivity contribution < 1.29 is 5.11 Å². The van der Waals surface area contributed by atoms with Gasteiger partial charge in [-0.3, -0.25) is 4.90 Å². The topological polar surface area (TPSA) is 41.3 Å². The molecule has 4 heteroatoms. The van der Waals surface area contributed by atoms with Crippen LogP contribution in [0.4, 0.5) is 0 Å². The lowest BCUT2D eigenvalue weighted by Crippen LogP contribution is -2.45. The highest BCUT2D eigenvalue weighted by atomic mass is 16.3. The third kappa shape index (κ3) is 4.71. The van der Waals surface area contributed by atoms with Gasteiger partial charge in [-0.2, -0.15) is 0 Å². The van der Waals surface area contributed by atoms with E-state index in [9.17, 15) is 5.11 Å². The molecule has 4 nitrogen and oxygen atoms in total. The van der Waals surface area contributed by atoms with Crippen LogP contribution in [-0.2, 0) is 19.5 Å². The Kier molecular flexibility index (Phi) is 6.27. The predicted molar refractivity (Wildman–Crippen MR) is 101 cm³/mol. The standard InChI is InChI=1S/C21H31N3O/c1-2-24-15-13-22-20(24)16-23-14-7-12-21(17-23,18-25)11-6-10-19-8-4-3-5-9-19/h3-5,8-9,13,15,25H,2,6-7,10-12,14,16-18H2,1H3/t21-/m1/s1. The van der Waals surface area contributed by atoms with Gasteiger partial charge in [0.15, 0.2) is 0 Å². The van der Waals surface area contributed by atoms with Gasteiger partial charge < -0.3 is 9.67 Å². The molecule has 1 atom stereocenters. The maximum Gasteiger partial charge on any atom is 0.122 e. The van der Waals surface area contributed by atoms with E-state index in [2.05, 4.69) is 57.9 Å². The molecule has 0 amide bonds. The molecule has 1 aromatic carbocycles. The molecule has 0 spiro atoms. The van der Waals surface area contributed by atoms with Crippen molar-refractivity contribution in [3.05, 3.63) is 54.1 Å². The molecule has 136 valence electrons. The normalized spacial score (nSPS) is 21.5. The Morgan fingerprint density at radius 2 is 2.08 bits per heavy atom. The van der Waals surface area contributed by atoms with Crippen LogP contribution in [0.2, 0.25) is 0 Å². The van der Waals surface area contributed by atoms with E-state index in [4.69, 9.17) is 0 Å². The number of aliphatic hydroxyl groups excluding tert-OH is 1. The summed E-state index contributed by atoms with van der Waals surface area (Å²) in [6, 6.07) is 10.7. The van der Waals surface area contributed by atoms with E-state index in [0.29, 0.717) is 6.61 Å². The summed E-state index contributed by atoms with van der Waals surface area (Å²) < 4.78 is 2.21. The molecule has 2 heterocycles. The molecule has 25 heavy (non-hydrogen) atoms. The summed E-state index contributed by atoms with van der Waals surface area (Å²) in [4.78, 5) is 7.00. The van der Waals surface area contributed by atoms with E-state index in [1.807, 2.05) is 6.20 Å². The van der Waals surface area contributed by atoms with Crippen molar-refractivity contribution in [2.45, 2.75) is 52.1 Å². The van der Waals surface area contributed by atoms with Crippen molar-refractivity contribution in [3.63, 3.8) is 0 Å². The van der Waals surface area contributed by atoms with Gasteiger partial charge in [0.2, 0.25) is 0 Å². The van der Waals surface area contributed by atoms with E-state index < -0.39 is 0 Å². The van der Waals surface area contributed by atoms with E-state index in [-0.39, 0.29) is 5.41 Å². The first-order chi connectivity index (χ1) is 12.2. The highest BCUT2D eigenvalue weighted by Crippen LogP contribution is 2.35. The second kappa shape index (κ2) is 8.63. The molecular formula is C21H31N3O. The first kappa shape index (κ1) is 18.2. The van der Waals surface area contributed by atoms with Crippen molar-refractivity contribution >= 4 is 0 Å². The van der Waals surface area contributed by atoms with Gasteiger partial charge in [0.25, 0.3) is 0 Å². The number of hydrogen-bond donors (Lipinski definition) is 1. The van der Waals surface area contributed by atoms with E-state index in [1.54, 1.807) is 0 Å². The molecule has 1 N–H and O–H groups in total. The van der Waals surface area contributed by atoms with Crippen LogP contribution >= 0.6 is 0 Å². The number of rotatable bonds is 8. The lowest BCUT2D eigenvalue weighted by atomic mass is 9.76. The number of benzene rings is 1. The third-order valence-corrected chi connectivity index (χ3v) is 5.60. The Bertz CT molecular complexity index is 640. The average Bonchev–Trinajstić information content (AvgIpc) is 3.10. The lowest BCUT2D eigenvalue weighted by molar-refractivity contribution is 0.0194. The average molecular weight is 341 g/mol. The van der Waals surface area contributed by atoms with Crippen LogP contribution in [0.5, 0.6) is 0 Å². The number of likely N-dealkylation sites (tertiary alicyclic amines) is 1. The van der Waals surface area contributed by atoms with Crippen molar-refractivity contribution in [3.8, 4) is 0 Å². The van der Waals surface area contributed by atoms with Crippen molar-refractivity contribution in [1.29, 1.82) is 0 Å². The van der Waals surface area contributed by atoms with Crippen LogP contribution in [0.3, 0.4) is 0 Å². The van der Waals surface area contributed by atoms with Crippen molar-refractivity contribution in [2.75, 3.05) is 19.7 Å². The maximum absolute atomic E-state index is 10.1. The van der Waals surface area contributed by atoms with Crippen LogP contribution in [0, 0.1) is 5.41 Å². The van der Waals surface area contributed by atoms with Gasteiger partial charge >= 0.3 is 0 Å². The number of hydrogen-bond acceptors (Lipinski definition) is 3. The lowest BCUT2D eigenvalue weighted by Gasteiger charge is -2.42. The zero-order valence-corrected chi connectivity index (χ0v) is 15.4. The highest BCUT2D eigenvalue weighted by molar-refractivity contribution is 5.14. The predicted octanol–water partition coefficient (Wildman–Crippen LogP) is 3.50. The Morgan fingerprint density at radius 3 is 2.84 bits per heavy atom. The largest absolute Gasteiger partial charge is 0.396 e. The second-order valence-corrected chi connectivity index (χ2v) is 7.44. The van der Waals surface area contributed by atoms with Crippen LogP contribution in [0.25, 0.3) is 0 Å². The summed E-state index contributed by atoms with van der Waals surface area (Å²) >= 11 is 0. The molecule has 1 saturated heterocycles. The summed E-state index contributed by atoms with van der Waals surface area (Å²) in [6.07, 6.45) is 9.58. The van der Waals surface area contributed by atoms with Gasteiger partial charge in [-0.15, -0.1) is 0 Å². The molecule has 1 aliphatic heterocycles. The zero-order valence-electron chi connectivity index (χ0n) is 15.4. The molecule has 3 rings (SSSR count). The number of aromatic nitrogens is 2. The molecule has 0 saturated carbocycles. The van der Waals surface area contributed by atoms with Gasteiger partial charge in [0, 0.05) is 37.5 Å². The fraction of sp³-hybridized carbons (Fsp3) is 0.571. The molecule has 0 radical (unpaired) electrons. The molecule has 1 fully saturated rings. The van der Waals surface area contributed by atoms with E-state index >= 15 is 0 Å². The highest BCUT2D eigenvalue weighted by Gasteiger charge is 2.34. The Hall–Kier alpha value is -1.65. The summed E-state index contributed by atoms with van der Waals surface area (Å²) in [5.41, 5.74) is 1.45. The SMILES string of the molecule is CCn1ccnc1CN1CCC[C@](CO)(CCCc2ccccc2)C1. The third-order valence-electron chi connectivity index (χ3n) is 5.60. The van der Waals surface area contributed by atoms with Gasteiger partial charge in [0.05, 0.1) is 6.54 Å². The minimum Gasteiger partial charge on any atom is -0.396 e. The number of aliphatic hydroxyl groups is 1. The van der Waals surface area contributed by atoms with Crippen LogP contribution < -0.4 is 0 Å². The molecular weight excluding hydrogens is 310 g/mol. The van der Waals surface area contributed by atoms with E-state index in [1.165, 1.54) is 12.0 Å². The van der Waals surface area contributed by atoms with Gasteiger partial charge in [-0.25, -0.2) is 4.98 Å². The molecule has 1 aliphatic rings. The molecule has 2 aromatic rings. The molecule has 0 unspecified atom stereocenters. The first-order valence-electron chi connectivity index (χ1n) is 9.62. The number of nitrogens with zero attached hydrogens (tertiary/aromatic N) is 3. The molecule has 1 aromatic heterocycles. The number of imidazole rings is 1. The second-order valence-electron chi connectivity index (χ2n) is 7.44. The maximum atomic E-state index is 10.1. The van der Waals surface area contributed by atoms with E-state index in [0.717, 1.165) is 57.7 Å². The summed E-state index contributed by atoms with van der Waals surface area (Å²) in [6.45, 7) is 6.39. The quantitative estimate of drug-likeness (QED) is 0.799. The first-order valence-corrected chi connectivity index (χ1v) is 9.62. The summed E-state index contributed by atoms with van der Waals surface area (Å²) in [7, 11) is 0. The van der Waals surface area contributed by atoms with Crippen LogP contribution in [0.1, 0.15) is 44.0 Å². The minimum atomic E-state index is 0.0522. The smallest absolute Gasteiger partial charge is 0.122 e. The zero-order chi connectivity index (χ0) is 17.5. The van der Waals surface area contributed by atoms with Crippen molar-refractivity contribution in [1.82, 2.24) is 14.5 Å². The number of piperidine rings is 1. The fourth-order valence-electron chi connectivity index (χ4n) is 4.15. The summed E-state index contributed by atoms with van der Waals surface area (Å²) in [5, 5.41) is 10.1. The van der Waals surface area contributed by atoms with Gasteiger partial charge in [0.1, 0.15) is 5.82 Å². The Morgan fingerprint density at radius 1 is 1.24 bits per heavy atom. The molecule has 0 bridgehead atoms. The monoisotopic (exact) mass is 341 g/mol. The molecule has 0 aliphatic carbocycles.